The Hall–Kier alpha value is -5.46. The van der Waals surface area contributed by atoms with Crippen LogP contribution in [0.2, 0.25) is 0 Å². The summed E-state index contributed by atoms with van der Waals surface area (Å²) in [6, 6.07) is 54.7. The fraction of sp³-hybridized carbons (Fsp3) is 0.125. The summed E-state index contributed by atoms with van der Waals surface area (Å²) in [5, 5.41) is 7.75. The van der Waals surface area contributed by atoms with Gasteiger partial charge in [0.25, 0.3) is 0 Å². The summed E-state index contributed by atoms with van der Waals surface area (Å²) in [4.78, 5) is 0. The lowest BCUT2D eigenvalue weighted by molar-refractivity contribution is 0.648. The minimum absolute atomic E-state index is 0.116. The van der Waals surface area contributed by atoms with Gasteiger partial charge in [-0.3, -0.25) is 0 Å². The average Bonchev–Trinajstić information content (AvgIpc) is 3.50. The molecule has 0 unspecified atom stereocenters. The maximum absolute atomic E-state index is 2.58. The summed E-state index contributed by atoms with van der Waals surface area (Å²) in [6.45, 7) is 9.72. The summed E-state index contributed by atoms with van der Waals surface area (Å²) in [5.41, 5.74) is 16.4. The second kappa shape index (κ2) is 9.55. The summed E-state index contributed by atoms with van der Waals surface area (Å²) in [7, 11) is 0. The van der Waals surface area contributed by atoms with Gasteiger partial charge < -0.3 is 0 Å². The van der Waals surface area contributed by atoms with E-state index in [0.717, 1.165) is 0 Å². The monoisotopic (exact) mass is 612 g/mol. The van der Waals surface area contributed by atoms with Crippen LogP contribution in [0.3, 0.4) is 0 Å². The van der Waals surface area contributed by atoms with E-state index in [1.165, 1.54) is 99.1 Å². The highest BCUT2D eigenvalue weighted by atomic mass is 14.5. The van der Waals surface area contributed by atoms with Crippen molar-refractivity contribution in [2.45, 2.75) is 38.5 Å². The average molecular weight is 613 g/mol. The molecule has 0 amide bonds. The molecule has 10 rings (SSSR count). The Balaban J connectivity index is 1.41. The van der Waals surface area contributed by atoms with Crippen LogP contribution in [0.25, 0.3) is 76.8 Å². The van der Waals surface area contributed by atoms with Crippen molar-refractivity contribution in [1.82, 2.24) is 0 Å². The van der Waals surface area contributed by atoms with E-state index < -0.39 is 0 Å². The molecule has 0 radical (unpaired) electrons. The van der Waals surface area contributed by atoms with Gasteiger partial charge >= 0.3 is 0 Å². The number of hydrogen-bond donors (Lipinski definition) is 0. The second-order valence-electron chi connectivity index (χ2n) is 14.8. The molecular formula is C48H36. The van der Waals surface area contributed by atoms with E-state index in [9.17, 15) is 0 Å². The SMILES string of the molecule is CC1(C)c2ccccc2-c2c1cc(-c1c3ccccc3c(-c3cccc4ccccc34)c3ccccc13)c1c2C(C)(C)c2ccccc2-1. The topological polar surface area (TPSA) is 0 Å². The van der Waals surface area contributed by atoms with Gasteiger partial charge in [0.05, 0.1) is 0 Å². The minimum Gasteiger partial charge on any atom is -0.0619 e. The van der Waals surface area contributed by atoms with Crippen LogP contribution in [0.15, 0.2) is 146 Å². The maximum atomic E-state index is 2.58. The zero-order valence-electron chi connectivity index (χ0n) is 27.9. The molecule has 0 heterocycles. The molecular weight excluding hydrogens is 577 g/mol. The molecule has 0 nitrogen and oxygen atoms in total. The third-order valence-corrected chi connectivity index (χ3v) is 11.6. The Morgan fingerprint density at radius 2 is 0.750 bits per heavy atom. The molecule has 2 aliphatic rings. The molecule has 0 saturated heterocycles. The van der Waals surface area contributed by atoms with Crippen molar-refractivity contribution in [1.29, 1.82) is 0 Å². The standard InChI is InChI=1S/C48H36/c1-47(2)39-26-13-12-24-37(39)45-41(47)28-38(44-36-23-11-14-27-40(36)48(3,4)46(44)45)43-34-21-9-7-19-32(34)42(33-20-8-10-22-35(33)43)31-25-15-17-29-16-5-6-18-30(29)31/h5-28H,1-4H3. The smallest absolute Gasteiger partial charge is 0.0165 e. The van der Waals surface area contributed by atoms with Crippen LogP contribution in [-0.2, 0) is 10.8 Å². The van der Waals surface area contributed by atoms with Crippen molar-refractivity contribution in [3.05, 3.63) is 168 Å². The van der Waals surface area contributed by atoms with E-state index >= 15 is 0 Å². The molecule has 228 valence electrons. The van der Waals surface area contributed by atoms with E-state index in [2.05, 4.69) is 173 Å². The number of benzene rings is 8. The van der Waals surface area contributed by atoms with Crippen LogP contribution in [0.1, 0.15) is 49.9 Å². The summed E-state index contributed by atoms with van der Waals surface area (Å²) in [6.07, 6.45) is 0. The predicted molar refractivity (Wildman–Crippen MR) is 205 cm³/mol. The first-order chi connectivity index (χ1) is 23.4. The Labute approximate surface area is 282 Å². The van der Waals surface area contributed by atoms with Gasteiger partial charge in [-0.15, -0.1) is 0 Å². The van der Waals surface area contributed by atoms with Crippen molar-refractivity contribution in [2.75, 3.05) is 0 Å². The zero-order valence-corrected chi connectivity index (χ0v) is 27.9. The number of fused-ring (bicyclic) bond motifs is 10. The molecule has 0 bridgehead atoms. The highest BCUT2D eigenvalue weighted by Crippen LogP contribution is 2.62. The lowest BCUT2D eigenvalue weighted by atomic mass is 9.74. The van der Waals surface area contributed by atoms with Crippen LogP contribution in [-0.4, -0.2) is 0 Å². The van der Waals surface area contributed by atoms with E-state index in [0.29, 0.717) is 0 Å². The molecule has 0 saturated carbocycles. The Morgan fingerprint density at radius 1 is 0.312 bits per heavy atom. The Kier molecular flexibility index (Phi) is 5.50. The van der Waals surface area contributed by atoms with Crippen molar-refractivity contribution in [2.24, 2.45) is 0 Å². The van der Waals surface area contributed by atoms with Gasteiger partial charge in [-0.2, -0.15) is 0 Å². The lowest BCUT2D eigenvalue weighted by Crippen LogP contribution is -2.18. The van der Waals surface area contributed by atoms with E-state index in [1.807, 2.05) is 0 Å². The predicted octanol–water partition coefficient (Wildman–Crippen LogP) is 13.1. The van der Waals surface area contributed by atoms with Crippen molar-refractivity contribution in [3.8, 4) is 44.5 Å². The molecule has 0 heteroatoms. The van der Waals surface area contributed by atoms with Crippen molar-refractivity contribution in [3.63, 3.8) is 0 Å². The molecule has 0 aromatic heterocycles. The van der Waals surface area contributed by atoms with Gasteiger partial charge in [-0.1, -0.05) is 167 Å². The first-order valence-electron chi connectivity index (χ1n) is 17.2. The summed E-state index contributed by atoms with van der Waals surface area (Å²) < 4.78 is 0. The normalized spacial score (nSPS) is 15.0. The van der Waals surface area contributed by atoms with Gasteiger partial charge in [0.2, 0.25) is 0 Å². The summed E-state index contributed by atoms with van der Waals surface area (Å²) >= 11 is 0. The Bertz CT molecular complexity index is 2600. The van der Waals surface area contributed by atoms with Crippen LogP contribution >= 0.6 is 0 Å². The molecule has 0 aliphatic heterocycles. The van der Waals surface area contributed by atoms with Gasteiger partial charge in [0, 0.05) is 10.8 Å². The lowest BCUT2D eigenvalue weighted by Gasteiger charge is -2.28. The molecule has 0 atom stereocenters. The van der Waals surface area contributed by atoms with Gasteiger partial charge in [-0.05, 0) is 105 Å². The summed E-state index contributed by atoms with van der Waals surface area (Å²) in [5.74, 6) is 0. The van der Waals surface area contributed by atoms with Crippen molar-refractivity contribution < 1.29 is 0 Å². The second-order valence-corrected chi connectivity index (χ2v) is 14.8. The van der Waals surface area contributed by atoms with Gasteiger partial charge in [0.15, 0.2) is 0 Å². The quantitative estimate of drug-likeness (QED) is 0.170. The molecule has 48 heavy (non-hydrogen) atoms. The van der Waals surface area contributed by atoms with Crippen LogP contribution in [0.5, 0.6) is 0 Å². The largest absolute Gasteiger partial charge is 0.0619 e. The van der Waals surface area contributed by atoms with E-state index in [-0.39, 0.29) is 10.8 Å². The first kappa shape index (κ1) is 27.6. The molecule has 0 N–H and O–H groups in total. The van der Waals surface area contributed by atoms with E-state index in [4.69, 9.17) is 0 Å². The molecule has 8 aromatic rings. The molecule has 0 spiro atoms. The van der Waals surface area contributed by atoms with Crippen LogP contribution in [0, 0.1) is 0 Å². The maximum Gasteiger partial charge on any atom is 0.0165 e. The van der Waals surface area contributed by atoms with E-state index in [1.54, 1.807) is 0 Å². The highest BCUT2D eigenvalue weighted by Gasteiger charge is 2.46. The third-order valence-electron chi connectivity index (χ3n) is 11.6. The first-order valence-corrected chi connectivity index (χ1v) is 17.2. The van der Waals surface area contributed by atoms with Crippen LogP contribution < -0.4 is 0 Å². The zero-order chi connectivity index (χ0) is 32.4. The Morgan fingerprint density at radius 3 is 1.38 bits per heavy atom. The number of rotatable bonds is 2. The highest BCUT2D eigenvalue weighted by molar-refractivity contribution is 6.25. The van der Waals surface area contributed by atoms with Crippen molar-refractivity contribution >= 4 is 32.3 Å². The fourth-order valence-electron chi connectivity index (χ4n) is 9.48. The molecule has 2 aliphatic carbocycles. The third kappa shape index (κ3) is 3.45. The van der Waals surface area contributed by atoms with Crippen LogP contribution in [0.4, 0.5) is 0 Å². The number of hydrogen-bond acceptors (Lipinski definition) is 0. The molecule has 8 aromatic carbocycles. The minimum atomic E-state index is -0.145. The van der Waals surface area contributed by atoms with Gasteiger partial charge in [0.1, 0.15) is 0 Å². The molecule has 0 fully saturated rings. The fourth-order valence-corrected chi connectivity index (χ4v) is 9.48. The van der Waals surface area contributed by atoms with Gasteiger partial charge in [-0.25, -0.2) is 0 Å².